The van der Waals surface area contributed by atoms with E-state index in [4.69, 9.17) is 9.47 Å². The summed E-state index contributed by atoms with van der Waals surface area (Å²) in [7, 11) is 0. The van der Waals surface area contributed by atoms with Gasteiger partial charge in [-0.2, -0.15) is 0 Å². The monoisotopic (exact) mass is 220 g/mol. The van der Waals surface area contributed by atoms with Gasteiger partial charge in [-0.25, -0.2) is 0 Å². The minimum absolute atomic E-state index is 0.179. The van der Waals surface area contributed by atoms with E-state index in [9.17, 15) is 0 Å². The van der Waals surface area contributed by atoms with Crippen LogP contribution in [0.15, 0.2) is 24.3 Å². The summed E-state index contributed by atoms with van der Waals surface area (Å²) >= 11 is 0. The molecule has 88 valence electrons. The van der Waals surface area contributed by atoms with E-state index in [2.05, 4.69) is 45.0 Å². The summed E-state index contributed by atoms with van der Waals surface area (Å²) in [6.45, 7) is 7.27. The molecule has 0 N–H and O–H groups in total. The van der Waals surface area contributed by atoms with Crippen molar-refractivity contribution in [3.8, 4) is 0 Å². The Morgan fingerprint density at radius 2 is 1.88 bits per heavy atom. The molecule has 1 saturated heterocycles. The van der Waals surface area contributed by atoms with Crippen LogP contribution in [0.2, 0.25) is 0 Å². The fourth-order valence-corrected chi connectivity index (χ4v) is 1.95. The molecule has 16 heavy (non-hydrogen) atoms. The van der Waals surface area contributed by atoms with Gasteiger partial charge in [-0.15, -0.1) is 0 Å². The summed E-state index contributed by atoms with van der Waals surface area (Å²) in [5, 5.41) is 0. The average Bonchev–Trinajstić information content (AvgIpc) is 2.30. The maximum absolute atomic E-state index is 5.95. The summed E-state index contributed by atoms with van der Waals surface area (Å²) in [4.78, 5) is 0. The zero-order valence-electron chi connectivity index (χ0n) is 10.3. The Labute approximate surface area is 97.6 Å². The van der Waals surface area contributed by atoms with Gasteiger partial charge in [0, 0.05) is 5.56 Å². The molecule has 2 rings (SSSR count). The van der Waals surface area contributed by atoms with Crippen molar-refractivity contribution in [2.45, 2.75) is 39.6 Å². The van der Waals surface area contributed by atoms with E-state index in [1.807, 2.05) is 0 Å². The fourth-order valence-electron chi connectivity index (χ4n) is 1.95. The van der Waals surface area contributed by atoms with Crippen LogP contribution < -0.4 is 0 Å². The van der Waals surface area contributed by atoms with E-state index in [1.54, 1.807) is 0 Å². The van der Waals surface area contributed by atoms with Crippen LogP contribution in [0.5, 0.6) is 0 Å². The number of ether oxygens (including phenoxy) is 2. The highest BCUT2D eigenvalue weighted by Crippen LogP contribution is 2.29. The Kier molecular flexibility index (Phi) is 3.62. The summed E-state index contributed by atoms with van der Waals surface area (Å²) in [5.74, 6) is 0.553. The highest BCUT2D eigenvalue weighted by molar-refractivity contribution is 5.22. The van der Waals surface area contributed by atoms with Crippen LogP contribution in [0.3, 0.4) is 0 Å². The quantitative estimate of drug-likeness (QED) is 0.760. The van der Waals surface area contributed by atoms with Gasteiger partial charge in [0.2, 0.25) is 0 Å². The molecule has 0 aliphatic carbocycles. The first-order chi connectivity index (χ1) is 7.66. The van der Waals surface area contributed by atoms with Crippen LogP contribution in [-0.4, -0.2) is 12.7 Å². The Balaban J connectivity index is 2.06. The molecule has 0 radical (unpaired) electrons. The highest BCUT2D eigenvalue weighted by Gasteiger charge is 2.26. The number of hydrogen-bond donors (Lipinski definition) is 0. The van der Waals surface area contributed by atoms with Crippen LogP contribution in [0.1, 0.15) is 37.7 Å². The van der Waals surface area contributed by atoms with Gasteiger partial charge in [0.15, 0.2) is 6.29 Å². The number of hydrogen-bond acceptors (Lipinski definition) is 2. The Bertz CT molecular complexity index is 329. The maximum Gasteiger partial charge on any atom is 0.184 e. The minimum Gasteiger partial charge on any atom is -0.348 e. The molecule has 0 aromatic heterocycles. The first kappa shape index (κ1) is 11.6. The van der Waals surface area contributed by atoms with Crippen molar-refractivity contribution in [2.75, 3.05) is 6.61 Å². The van der Waals surface area contributed by atoms with E-state index in [-0.39, 0.29) is 6.29 Å². The van der Waals surface area contributed by atoms with Crippen LogP contribution >= 0.6 is 0 Å². The number of benzene rings is 1. The van der Waals surface area contributed by atoms with Crippen molar-refractivity contribution in [2.24, 2.45) is 5.92 Å². The Hall–Kier alpha value is -0.860. The number of aryl methyl sites for hydroxylation is 1. The maximum atomic E-state index is 5.95. The van der Waals surface area contributed by atoms with E-state index in [0.717, 1.165) is 18.6 Å². The van der Waals surface area contributed by atoms with Crippen LogP contribution in [0.4, 0.5) is 0 Å². The van der Waals surface area contributed by atoms with E-state index in [1.165, 1.54) is 5.56 Å². The van der Waals surface area contributed by atoms with Crippen molar-refractivity contribution in [3.63, 3.8) is 0 Å². The zero-order chi connectivity index (χ0) is 11.5. The predicted molar refractivity (Wildman–Crippen MR) is 64.2 cm³/mol. The second kappa shape index (κ2) is 4.98. The zero-order valence-corrected chi connectivity index (χ0v) is 10.3. The van der Waals surface area contributed by atoms with Crippen LogP contribution in [0, 0.1) is 12.8 Å². The molecule has 0 bridgehead atoms. The highest BCUT2D eigenvalue weighted by atomic mass is 16.7. The summed E-state index contributed by atoms with van der Waals surface area (Å²) < 4.78 is 11.6. The molecule has 1 aromatic rings. The molecule has 1 aliphatic rings. The van der Waals surface area contributed by atoms with Crippen molar-refractivity contribution in [1.29, 1.82) is 0 Å². The standard InChI is InChI=1S/C14H20O2/c1-10(2)13-8-9-15-14(16-13)12-6-4-11(3)5-7-12/h4-7,10,13-14H,8-9H2,1-3H3/t13-,14-/m0/s1. The molecule has 2 heteroatoms. The Morgan fingerprint density at radius 1 is 1.19 bits per heavy atom. The third kappa shape index (κ3) is 2.63. The molecule has 0 unspecified atom stereocenters. The second-order valence-electron chi connectivity index (χ2n) is 4.82. The third-order valence-corrected chi connectivity index (χ3v) is 3.06. The molecule has 0 saturated carbocycles. The lowest BCUT2D eigenvalue weighted by Crippen LogP contribution is -2.30. The van der Waals surface area contributed by atoms with E-state index < -0.39 is 0 Å². The molecule has 2 atom stereocenters. The fraction of sp³-hybridized carbons (Fsp3) is 0.571. The van der Waals surface area contributed by atoms with Crippen LogP contribution in [0.25, 0.3) is 0 Å². The molecule has 1 fully saturated rings. The summed E-state index contributed by atoms with van der Waals surface area (Å²) in [5.41, 5.74) is 2.39. The smallest absolute Gasteiger partial charge is 0.184 e. The lowest BCUT2D eigenvalue weighted by atomic mass is 10.0. The van der Waals surface area contributed by atoms with Gasteiger partial charge in [0.25, 0.3) is 0 Å². The second-order valence-corrected chi connectivity index (χ2v) is 4.82. The predicted octanol–water partition coefficient (Wildman–Crippen LogP) is 3.46. The molecular formula is C14H20O2. The molecule has 1 aliphatic heterocycles. The van der Waals surface area contributed by atoms with Gasteiger partial charge >= 0.3 is 0 Å². The van der Waals surface area contributed by atoms with E-state index in [0.29, 0.717) is 12.0 Å². The molecule has 1 aromatic carbocycles. The van der Waals surface area contributed by atoms with Crippen LogP contribution in [-0.2, 0) is 9.47 Å². The third-order valence-electron chi connectivity index (χ3n) is 3.06. The molecular weight excluding hydrogens is 200 g/mol. The lowest BCUT2D eigenvalue weighted by molar-refractivity contribution is -0.226. The van der Waals surface area contributed by atoms with Crippen molar-refractivity contribution >= 4 is 0 Å². The van der Waals surface area contributed by atoms with E-state index >= 15 is 0 Å². The molecule has 0 spiro atoms. The summed E-state index contributed by atoms with van der Waals surface area (Å²) in [6, 6.07) is 8.37. The topological polar surface area (TPSA) is 18.5 Å². The van der Waals surface area contributed by atoms with Gasteiger partial charge in [0.05, 0.1) is 12.7 Å². The first-order valence-electron chi connectivity index (χ1n) is 6.00. The largest absolute Gasteiger partial charge is 0.348 e. The lowest BCUT2D eigenvalue weighted by Gasteiger charge is -2.32. The summed E-state index contributed by atoms with van der Waals surface area (Å²) in [6.07, 6.45) is 1.14. The first-order valence-corrected chi connectivity index (χ1v) is 6.00. The molecule has 1 heterocycles. The Morgan fingerprint density at radius 3 is 2.50 bits per heavy atom. The normalized spacial score (nSPS) is 26.0. The minimum atomic E-state index is -0.179. The van der Waals surface area contributed by atoms with Gasteiger partial charge in [-0.3, -0.25) is 0 Å². The average molecular weight is 220 g/mol. The van der Waals surface area contributed by atoms with Gasteiger partial charge < -0.3 is 9.47 Å². The molecule has 0 amide bonds. The van der Waals surface area contributed by atoms with Gasteiger partial charge in [0.1, 0.15) is 0 Å². The van der Waals surface area contributed by atoms with Crippen molar-refractivity contribution < 1.29 is 9.47 Å². The van der Waals surface area contributed by atoms with Crippen molar-refractivity contribution in [1.82, 2.24) is 0 Å². The number of rotatable bonds is 2. The van der Waals surface area contributed by atoms with Gasteiger partial charge in [-0.1, -0.05) is 43.7 Å². The molecule has 2 nitrogen and oxygen atoms in total. The van der Waals surface area contributed by atoms with Gasteiger partial charge in [-0.05, 0) is 19.3 Å². The van der Waals surface area contributed by atoms with Crippen molar-refractivity contribution in [3.05, 3.63) is 35.4 Å². The SMILES string of the molecule is Cc1ccc([C@H]2OCC[C@@H](C(C)C)O2)cc1.